The second-order valence-corrected chi connectivity index (χ2v) is 11.3. The van der Waals surface area contributed by atoms with Crippen LogP contribution in [-0.2, 0) is 6.42 Å². The molecule has 35 heavy (non-hydrogen) atoms. The quantitative estimate of drug-likeness (QED) is 0.170. The molecule has 0 aliphatic heterocycles. The zero-order chi connectivity index (χ0) is 23.9. The normalized spacial score (nSPS) is 12.0. The Hall–Kier alpha value is -2.94. The lowest BCUT2D eigenvalue weighted by Crippen LogP contribution is -2.01. The smallest absolute Gasteiger partial charge is 0.0449 e. The van der Waals surface area contributed by atoms with Gasteiger partial charge in [-0.15, -0.1) is 22.7 Å². The number of thiophene rings is 2. The van der Waals surface area contributed by atoms with Crippen LogP contribution in [0.5, 0.6) is 0 Å². The molecule has 0 fully saturated rings. The third-order valence-corrected chi connectivity index (χ3v) is 9.06. The van der Waals surface area contributed by atoms with Crippen LogP contribution in [-0.4, -0.2) is 0 Å². The number of hydrogen-bond donors (Lipinski definition) is 0. The number of rotatable bonds is 10. The molecule has 5 aromatic rings. The topological polar surface area (TPSA) is 0 Å². The average molecular weight is 493 g/mol. The Morgan fingerprint density at radius 2 is 1.17 bits per heavy atom. The van der Waals surface area contributed by atoms with Gasteiger partial charge in [-0.1, -0.05) is 111 Å². The van der Waals surface area contributed by atoms with Crippen molar-refractivity contribution in [2.24, 2.45) is 0 Å². The molecule has 0 amide bonds. The van der Waals surface area contributed by atoms with Crippen LogP contribution in [0.1, 0.15) is 60.1 Å². The first-order chi connectivity index (χ1) is 17.3. The van der Waals surface area contributed by atoms with E-state index in [1.807, 2.05) is 22.7 Å². The van der Waals surface area contributed by atoms with E-state index in [0.717, 1.165) is 0 Å². The van der Waals surface area contributed by atoms with E-state index in [9.17, 15) is 0 Å². The zero-order valence-electron chi connectivity index (χ0n) is 20.3. The second kappa shape index (κ2) is 11.7. The van der Waals surface area contributed by atoms with Crippen LogP contribution in [0.15, 0.2) is 109 Å². The highest BCUT2D eigenvalue weighted by molar-refractivity contribution is 7.24. The summed E-state index contributed by atoms with van der Waals surface area (Å²) < 4.78 is 0. The molecule has 2 heterocycles. The molecule has 3 aromatic carbocycles. The van der Waals surface area contributed by atoms with Crippen LogP contribution in [0.4, 0.5) is 0 Å². The van der Waals surface area contributed by atoms with Gasteiger partial charge in [0.2, 0.25) is 0 Å². The fourth-order valence-corrected chi connectivity index (χ4v) is 6.93. The standard InChI is InChI=1S/C33H32S2/c1-2-3-4-7-12-25-17-19-28(20-18-25)33(27-15-10-6-11-16-27)32-24-23-31(35-32)30-22-21-29(34-30)26-13-8-5-9-14-26/h5-6,8-11,13-24,33H,2-4,7,12H2,1H3. The van der Waals surface area contributed by atoms with Crippen molar-refractivity contribution in [1.29, 1.82) is 0 Å². The highest BCUT2D eigenvalue weighted by atomic mass is 32.1. The van der Waals surface area contributed by atoms with Gasteiger partial charge in [-0.25, -0.2) is 0 Å². The summed E-state index contributed by atoms with van der Waals surface area (Å²) >= 11 is 3.81. The lowest BCUT2D eigenvalue weighted by Gasteiger charge is -2.17. The van der Waals surface area contributed by atoms with E-state index < -0.39 is 0 Å². The average Bonchev–Trinajstić information content (AvgIpc) is 3.59. The van der Waals surface area contributed by atoms with Crippen molar-refractivity contribution in [2.45, 2.75) is 44.9 Å². The van der Waals surface area contributed by atoms with Crippen LogP contribution < -0.4 is 0 Å². The number of unbranched alkanes of at least 4 members (excludes halogenated alkanes) is 3. The third-order valence-electron chi connectivity index (χ3n) is 6.58. The van der Waals surface area contributed by atoms with Gasteiger partial charge < -0.3 is 0 Å². The van der Waals surface area contributed by atoms with Crippen molar-refractivity contribution >= 4 is 22.7 Å². The minimum atomic E-state index is 0.262. The summed E-state index contributed by atoms with van der Waals surface area (Å²) in [6.45, 7) is 2.27. The van der Waals surface area contributed by atoms with E-state index in [4.69, 9.17) is 0 Å². The summed E-state index contributed by atoms with van der Waals surface area (Å²) in [4.78, 5) is 5.41. The summed E-state index contributed by atoms with van der Waals surface area (Å²) in [6.07, 6.45) is 6.43. The molecule has 2 heteroatoms. The van der Waals surface area contributed by atoms with Crippen molar-refractivity contribution in [3.8, 4) is 20.2 Å². The second-order valence-electron chi connectivity index (χ2n) is 9.13. The van der Waals surface area contributed by atoms with E-state index in [-0.39, 0.29) is 5.92 Å². The minimum Gasteiger partial charge on any atom is -0.138 e. The first kappa shape index (κ1) is 23.8. The molecule has 1 unspecified atom stereocenters. The molecule has 0 bridgehead atoms. The molecule has 5 rings (SSSR count). The van der Waals surface area contributed by atoms with E-state index in [2.05, 4.69) is 116 Å². The zero-order valence-corrected chi connectivity index (χ0v) is 22.0. The fourth-order valence-electron chi connectivity index (χ4n) is 4.67. The van der Waals surface area contributed by atoms with Crippen molar-refractivity contribution in [3.63, 3.8) is 0 Å². The molecule has 0 N–H and O–H groups in total. The summed E-state index contributed by atoms with van der Waals surface area (Å²) in [6, 6.07) is 40.2. The predicted octanol–water partition coefficient (Wildman–Crippen LogP) is 10.4. The Kier molecular flexibility index (Phi) is 7.92. The predicted molar refractivity (Wildman–Crippen MR) is 155 cm³/mol. The number of aryl methyl sites for hydroxylation is 1. The fraction of sp³-hybridized carbons (Fsp3) is 0.212. The molecular formula is C33H32S2. The largest absolute Gasteiger partial charge is 0.138 e. The summed E-state index contributed by atoms with van der Waals surface area (Å²) in [5.74, 6) is 0.262. The molecule has 0 saturated heterocycles. The third kappa shape index (κ3) is 5.83. The van der Waals surface area contributed by atoms with Gasteiger partial charge in [0, 0.05) is 25.4 Å². The van der Waals surface area contributed by atoms with Crippen molar-refractivity contribution in [2.75, 3.05) is 0 Å². The van der Waals surface area contributed by atoms with Crippen LogP contribution in [0.25, 0.3) is 20.2 Å². The molecule has 0 spiro atoms. The van der Waals surface area contributed by atoms with E-state index >= 15 is 0 Å². The lowest BCUT2D eigenvalue weighted by molar-refractivity contribution is 0.667. The van der Waals surface area contributed by atoms with Crippen molar-refractivity contribution in [1.82, 2.24) is 0 Å². The molecular weight excluding hydrogens is 460 g/mol. The van der Waals surface area contributed by atoms with E-state index in [0.29, 0.717) is 0 Å². The van der Waals surface area contributed by atoms with Gasteiger partial charge in [-0.2, -0.15) is 0 Å². The highest BCUT2D eigenvalue weighted by Crippen LogP contribution is 2.42. The summed E-state index contributed by atoms with van der Waals surface area (Å²) in [5.41, 5.74) is 5.47. The van der Waals surface area contributed by atoms with Crippen LogP contribution in [0, 0.1) is 0 Å². The molecule has 2 aromatic heterocycles. The maximum absolute atomic E-state index is 2.35. The van der Waals surface area contributed by atoms with Gasteiger partial charge in [-0.3, -0.25) is 0 Å². The van der Waals surface area contributed by atoms with Gasteiger partial charge in [-0.05, 0) is 59.4 Å². The monoisotopic (exact) mass is 492 g/mol. The molecule has 0 radical (unpaired) electrons. The number of hydrogen-bond acceptors (Lipinski definition) is 2. The number of benzene rings is 3. The first-order valence-electron chi connectivity index (χ1n) is 12.7. The van der Waals surface area contributed by atoms with Crippen LogP contribution in [0.2, 0.25) is 0 Å². The Morgan fingerprint density at radius 1 is 0.543 bits per heavy atom. The molecule has 0 aliphatic carbocycles. The summed E-state index contributed by atoms with van der Waals surface area (Å²) in [5, 5.41) is 0. The molecule has 0 nitrogen and oxygen atoms in total. The Labute approximate surface area is 217 Å². The van der Waals surface area contributed by atoms with E-state index in [1.165, 1.54) is 73.9 Å². The van der Waals surface area contributed by atoms with Gasteiger partial charge in [0.15, 0.2) is 0 Å². The Morgan fingerprint density at radius 3 is 1.91 bits per heavy atom. The van der Waals surface area contributed by atoms with E-state index in [1.54, 1.807) is 0 Å². The van der Waals surface area contributed by atoms with Gasteiger partial charge in [0.1, 0.15) is 0 Å². The maximum Gasteiger partial charge on any atom is 0.0449 e. The Bertz CT molecular complexity index is 1310. The van der Waals surface area contributed by atoms with Gasteiger partial charge >= 0.3 is 0 Å². The molecule has 176 valence electrons. The van der Waals surface area contributed by atoms with Crippen molar-refractivity contribution < 1.29 is 0 Å². The Balaban J connectivity index is 1.41. The first-order valence-corrected chi connectivity index (χ1v) is 14.3. The molecule has 0 aliphatic rings. The van der Waals surface area contributed by atoms with Gasteiger partial charge in [0.25, 0.3) is 0 Å². The maximum atomic E-state index is 2.35. The van der Waals surface area contributed by atoms with Crippen LogP contribution in [0.3, 0.4) is 0 Å². The lowest BCUT2D eigenvalue weighted by atomic mass is 9.89. The highest BCUT2D eigenvalue weighted by Gasteiger charge is 2.19. The van der Waals surface area contributed by atoms with Crippen molar-refractivity contribution in [3.05, 3.63) is 131 Å². The van der Waals surface area contributed by atoms with Gasteiger partial charge in [0.05, 0.1) is 0 Å². The minimum absolute atomic E-state index is 0.262. The SMILES string of the molecule is CCCCCCc1ccc(C(c2ccccc2)c2ccc(-c3ccc(-c4ccccc4)s3)s2)cc1. The van der Waals surface area contributed by atoms with Crippen LogP contribution >= 0.6 is 22.7 Å². The molecule has 1 atom stereocenters. The summed E-state index contributed by atoms with van der Waals surface area (Å²) in [7, 11) is 0. The molecule has 0 saturated carbocycles.